The molecule has 0 atom stereocenters. The number of hydrogen-bond acceptors (Lipinski definition) is 5. The van der Waals surface area contributed by atoms with Crippen molar-refractivity contribution >= 4 is 5.78 Å². The second-order valence-electron chi connectivity index (χ2n) is 7.53. The standard InChI is InChI=1S/C27H26N2O4/c1-31-24-15-19(16-25(32-2)27(24)33-3)26(30)21-14-20(22-10-7-13-28-22)17-29-23(21)12-11-18-8-5-4-6-9-18/h4-10,13-17,28H,11-12H2,1-3H3. The molecule has 0 aliphatic carbocycles. The Balaban J connectivity index is 1.76. The largest absolute Gasteiger partial charge is 0.493 e. The molecule has 6 nitrogen and oxygen atoms in total. The molecule has 2 aromatic heterocycles. The molecule has 0 aliphatic heterocycles. The Hall–Kier alpha value is -4.06. The van der Waals surface area contributed by atoms with Gasteiger partial charge in [-0.1, -0.05) is 30.3 Å². The zero-order chi connectivity index (χ0) is 23.2. The number of methoxy groups -OCH3 is 3. The SMILES string of the molecule is COc1cc(C(=O)c2cc(-c3ccc[nH]3)cnc2CCc2ccccc2)cc(OC)c1OC. The summed E-state index contributed by atoms with van der Waals surface area (Å²) in [6.45, 7) is 0. The van der Waals surface area contributed by atoms with E-state index >= 15 is 0 Å². The van der Waals surface area contributed by atoms with Crippen molar-refractivity contribution in [2.75, 3.05) is 21.3 Å². The molecule has 2 heterocycles. The Morgan fingerprint density at radius 3 is 2.21 bits per heavy atom. The molecule has 0 saturated carbocycles. The van der Waals surface area contributed by atoms with Crippen molar-refractivity contribution in [3.63, 3.8) is 0 Å². The number of pyridine rings is 1. The summed E-state index contributed by atoms with van der Waals surface area (Å²) in [5, 5.41) is 0. The molecule has 0 radical (unpaired) electrons. The van der Waals surface area contributed by atoms with Crippen LogP contribution in [0.1, 0.15) is 27.2 Å². The highest BCUT2D eigenvalue weighted by molar-refractivity contribution is 6.10. The predicted octanol–water partition coefficient (Wildman–Crippen LogP) is 5.12. The highest BCUT2D eigenvalue weighted by Crippen LogP contribution is 2.39. The number of carbonyl (C=O) groups excluding carboxylic acids is 1. The highest BCUT2D eigenvalue weighted by atomic mass is 16.5. The van der Waals surface area contributed by atoms with Gasteiger partial charge in [-0.15, -0.1) is 0 Å². The van der Waals surface area contributed by atoms with Crippen LogP contribution in [0.15, 0.2) is 73.1 Å². The van der Waals surface area contributed by atoms with Gasteiger partial charge in [-0.05, 0) is 48.7 Å². The summed E-state index contributed by atoms with van der Waals surface area (Å²) >= 11 is 0. The Labute approximate surface area is 193 Å². The molecule has 2 aromatic carbocycles. The van der Waals surface area contributed by atoms with Crippen LogP contribution in [-0.4, -0.2) is 37.1 Å². The average molecular weight is 443 g/mol. The van der Waals surface area contributed by atoms with Gasteiger partial charge < -0.3 is 19.2 Å². The van der Waals surface area contributed by atoms with E-state index in [4.69, 9.17) is 14.2 Å². The van der Waals surface area contributed by atoms with Crippen LogP contribution < -0.4 is 14.2 Å². The Morgan fingerprint density at radius 1 is 0.879 bits per heavy atom. The van der Waals surface area contributed by atoms with Crippen LogP contribution in [0.4, 0.5) is 0 Å². The summed E-state index contributed by atoms with van der Waals surface area (Å²) in [6.07, 6.45) is 5.07. The minimum absolute atomic E-state index is 0.154. The second kappa shape index (κ2) is 10.0. The molecule has 0 fully saturated rings. The number of aryl methyl sites for hydroxylation is 2. The highest BCUT2D eigenvalue weighted by Gasteiger charge is 2.21. The Morgan fingerprint density at radius 2 is 1.61 bits per heavy atom. The van der Waals surface area contributed by atoms with E-state index < -0.39 is 0 Å². The van der Waals surface area contributed by atoms with Crippen molar-refractivity contribution in [3.05, 3.63) is 95.4 Å². The molecule has 4 aromatic rings. The van der Waals surface area contributed by atoms with Gasteiger partial charge in [-0.2, -0.15) is 0 Å². The number of rotatable bonds is 9. The topological polar surface area (TPSA) is 73.4 Å². The summed E-state index contributed by atoms with van der Waals surface area (Å²) < 4.78 is 16.3. The fourth-order valence-electron chi connectivity index (χ4n) is 3.82. The van der Waals surface area contributed by atoms with Crippen molar-refractivity contribution in [1.82, 2.24) is 9.97 Å². The molecule has 0 saturated heterocycles. The van der Waals surface area contributed by atoms with E-state index in [-0.39, 0.29) is 5.78 Å². The van der Waals surface area contributed by atoms with E-state index in [9.17, 15) is 4.79 Å². The van der Waals surface area contributed by atoms with Gasteiger partial charge in [0.1, 0.15) is 0 Å². The minimum Gasteiger partial charge on any atom is -0.493 e. The van der Waals surface area contributed by atoms with Crippen LogP contribution in [0.5, 0.6) is 17.2 Å². The van der Waals surface area contributed by atoms with E-state index in [0.717, 1.165) is 23.4 Å². The Bertz CT molecular complexity index is 1210. The van der Waals surface area contributed by atoms with E-state index in [2.05, 4.69) is 22.1 Å². The van der Waals surface area contributed by atoms with Crippen molar-refractivity contribution < 1.29 is 19.0 Å². The monoisotopic (exact) mass is 442 g/mol. The van der Waals surface area contributed by atoms with Gasteiger partial charge in [-0.3, -0.25) is 9.78 Å². The molecule has 6 heteroatoms. The van der Waals surface area contributed by atoms with Crippen molar-refractivity contribution in [2.24, 2.45) is 0 Å². The number of benzene rings is 2. The Kier molecular flexibility index (Phi) is 6.74. The molecule has 0 aliphatic rings. The van der Waals surface area contributed by atoms with Gasteiger partial charge in [0.2, 0.25) is 5.75 Å². The van der Waals surface area contributed by atoms with Crippen LogP contribution in [0.3, 0.4) is 0 Å². The van der Waals surface area contributed by atoms with Gasteiger partial charge in [0.25, 0.3) is 0 Å². The fraction of sp³-hybridized carbons (Fsp3) is 0.185. The van der Waals surface area contributed by atoms with Crippen LogP contribution in [0.25, 0.3) is 11.3 Å². The van der Waals surface area contributed by atoms with Crippen LogP contribution in [0, 0.1) is 0 Å². The minimum atomic E-state index is -0.154. The van der Waals surface area contributed by atoms with Gasteiger partial charge in [0.05, 0.1) is 27.0 Å². The normalized spacial score (nSPS) is 10.6. The van der Waals surface area contributed by atoms with Crippen molar-refractivity contribution in [3.8, 4) is 28.5 Å². The number of ether oxygens (including phenoxy) is 3. The van der Waals surface area contributed by atoms with Gasteiger partial charge in [0.15, 0.2) is 17.3 Å². The summed E-state index contributed by atoms with van der Waals surface area (Å²) in [6, 6.07) is 19.3. The predicted molar refractivity (Wildman–Crippen MR) is 127 cm³/mol. The maximum atomic E-state index is 13.7. The molecule has 1 N–H and O–H groups in total. The lowest BCUT2D eigenvalue weighted by atomic mass is 9.96. The number of nitrogens with zero attached hydrogens (tertiary/aromatic N) is 1. The first-order chi connectivity index (χ1) is 16.1. The fourth-order valence-corrected chi connectivity index (χ4v) is 3.82. The lowest BCUT2D eigenvalue weighted by Crippen LogP contribution is -2.10. The van der Waals surface area contributed by atoms with Crippen LogP contribution >= 0.6 is 0 Å². The van der Waals surface area contributed by atoms with Crippen LogP contribution in [0.2, 0.25) is 0 Å². The molecule has 0 spiro atoms. The number of ketones is 1. The lowest BCUT2D eigenvalue weighted by Gasteiger charge is -2.15. The number of carbonyl (C=O) groups is 1. The molecule has 0 amide bonds. The van der Waals surface area contributed by atoms with Gasteiger partial charge in [0, 0.05) is 34.8 Å². The molecule has 4 rings (SSSR count). The van der Waals surface area contributed by atoms with Crippen molar-refractivity contribution in [1.29, 1.82) is 0 Å². The van der Waals surface area contributed by atoms with E-state index in [1.165, 1.54) is 26.9 Å². The number of aromatic amines is 1. The zero-order valence-electron chi connectivity index (χ0n) is 18.9. The van der Waals surface area contributed by atoms with E-state index in [1.54, 1.807) is 18.3 Å². The summed E-state index contributed by atoms with van der Waals surface area (Å²) in [5.41, 5.74) is 4.67. The third kappa shape index (κ3) is 4.75. The van der Waals surface area contributed by atoms with Crippen molar-refractivity contribution in [2.45, 2.75) is 12.8 Å². The summed E-state index contributed by atoms with van der Waals surface area (Å²) in [4.78, 5) is 21.6. The first-order valence-corrected chi connectivity index (χ1v) is 10.7. The molecule has 168 valence electrons. The average Bonchev–Trinajstić information content (AvgIpc) is 3.41. The number of hydrogen-bond donors (Lipinski definition) is 1. The molecular formula is C27H26N2O4. The first-order valence-electron chi connectivity index (χ1n) is 10.7. The maximum absolute atomic E-state index is 13.7. The van der Waals surface area contributed by atoms with Gasteiger partial charge >= 0.3 is 0 Å². The molecule has 33 heavy (non-hydrogen) atoms. The van der Waals surface area contributed by atoms with Gasteiger partial charge in [-0.25, -0.2) is 0 Å². The number of H-pyrrole nitrogens is 1. The zero-order valence-corrected chi connectivity index (χ0v) is 18.9. The maximum Gasteiger partial charge on any atom is 0.203 e. The smallest absolute Gasteiger partial charge is 0.203 e. The summed E-state index contributed by atoms with van der Waals surface area (Å²) in [5.74, 6) is 1.15. The lowest BCUT2D eigenvalue weighted by molar-refractivity contribution is 0.103. The number of aromatic nitrogens is 2. The number of nitrogens with one attached hydrogen (secondary N) is 1. The molecule has 0 unspecified atom stereocenters. The third-order valence-corrected chi connectivity index (χ3v) is 5.54. The van der Waals surface area contributed by atoms with Crippen LogP contribution in [-0.2, 0) is 12.8 Å². The van der Waals surface area contributed by atoms with E-state index in [1.807, 2.05) is 42.6 Å². The summed E-state index contributed by atoms with van der Waals surface area (Å²) in [7, 11) is 4.60. The first kappa shape index (κ1) is 22.1. The third-order valence-electron chi connectivity index (χ3n) is 5.54. The molecular weight excluding hydrogens is 416 g/mol. The quantitative estimate of drug-likeness (QED) is 0.364. The second-order valence-corrected chi connectivity index (χ2v) is 7.53. The molecule has 0 bridgehead atoms. The van der Waals surface area contributed by atoms with E-state index in [0.29, 0.717) is 34.8 Å².